The van der Waals surface area contributed by atoms with Crippen molar-refractivity contribution in [1.29, 1.82) is 0 Å². The fourth-order valence-electron chi connectivity index (χ4n) is 1.80. The molecule has 3 nitrogen and oxygen atoms in total. The predicted molar refractivity (Wildman–Crippen MR) is 51.6 cm³/mol. The lowest BCUT2D eigenvalue weighted by Crippen LogP contribution is -2.05. The maximum absolute atomic E-state index is 12.1. The number of aliphatic carboxylic acids is 1. The summed E-state index contributed by atoms with van der Waals surface area (Å²) in [6, 6.07) is 6.33. The van der Waals surface area contributed by atoms with E-state index in [1.807, 2.05) is 0 Å². The number of carboxylic acid groups (broad SMARTS) is 1. The van der Waals surface area contributed by atoms with Gasteiger partial charge in [-0.2, -0.15) is 8.78 Å². The lowest BCUT2D eigenvalue weighted by atomic mass is 10.1. The van der Waals surface area contributed by atoms with Crippen molar-refractivity contribution in [2.75, 3.05) is 0 Å². The normalized spacial score (nSPS) is 23.2. The largest absolute Gasteiger partial charge is 0.481 e. The first-order chi connectivity index (χ1) is 7.59. The van der Waals surface area contributed by atoms with Crippen molar-refractivity contribution in [2.45, 2.75) is 19.0 Å². The van der Waals surface area contributed by atoms with Crippen molar-refractivity contribution in [2.24, 2.45) is 5.92 Å². The SMILES string of the molecule is O=C(O)C1CC1c1ccccc1OC(F)F. The van der Waals surface area contributed by atoms with Gasteiger partial charge in [0.1, 0.15) is 5.75 Å². The third kappa shape index (κ3) is 2.13. The lowest BCUT2D eigenvalue weighted by molar-refractivity contribution is -0.138. The van der Waals surface area contributed by atoms with E-state index in [-0.39, 0.29) is 11.7 Å². The fourth-order valence-corrected chi connectivity index (χ4v) is 1.80. The molecule has 0 heterocycles. The molecule has 0 radical (unpaired) electrons. The summed E-state index contributed by atoms with van der Waals surface area (Å²) in [5.41, 5.74) is 0.551. The molecule has 0 aliphatic heterocycles. The molecule has 1 saturated carbocycles. The van der Waals surface area contributed by atoms with Crippen LogP contribution in [0.15, 0.2) is 24.3 Å². The summed E-state index contributed by atoms with van der Waals surface area (Å²) in [7, 11) is 0. The van der Waals surface area contributed by atoms with Gasteiger partial charge < -0.3 is 9.84 Å². The van der Waals surface area contributed by atoms with Gasteiger partial charge in [0, 0.05) is 5.92 Å². The molecule has 0 saturated heterocycles. The van der Waals surface area contributed by atoms with Crippen LogP contribution in [0, 0.1) is 5.92 Å². The van der Waals surface area contributed by atoms with Gasteiger partial charge in [0.15, 0.2) is 0 Å². The maximum Gasteiger partial charge on any atom is 0.387 e. The highest BCUT2D eigenvalue weighted by Gasteiger charge is 2.45. The number of benzene rings is 1. The van der Waals surface area contributed by atoms with Crippen molar-refractivity contribution >= 4 is 5.97 Å². The van der Waals surface area contributed by atoms with E-state index in [2.05, 4.69) is 4.74 Å². The van der Waals surface area contributed by atoms with Crippen molar-refractivity contribution < 1.29 is 23.4 Å². The van der Waals surface area contributed by atoms with Crippen molar-refractivity contribution in [3.8, 4) is 5.75 Å². The van der Waals surface area contributed by atoms with Crippen molar-refractivity contribution in [3.63, 3.8) is 0 Å². The lowest BCUT2D eigenvalue weighted by Gasteiger charge is -2.09. The Morgan fingerprint density at radius 3 is 2.69 bits per heavy atom. The second-order valence-electron chi connectivity index (χ2n) is 3.70. The molecule has 1 aromatic rings. The van der Waals surface area contributed by atoms with Crippen LogP contribution in [0.25, 0.3) is 0 Å². The zero-order valence-corrected chi connectivity index (χ0v) is 8.27. The van der Waals surface area contributed by atoms with Crippen LogP contribution in [0.1, 0.15) is 17.9 Å². The average molecular weight is 228 g/mol. The first-order valence-electron chi connectivity index (χ1n) is 4.86. The Hall–Kier alpha value is -1.65. The number of alkyl halides is 2. The van der Waals surface area contributed by atoms with E-state index in [1.54, 1.807) is 18.2 Å². The minimum atomic E-state index is -2.89. The highest BCUT2D eigenvalue weighted by atomic mass is 19.3. The standard InChI is InChI=1S/C11H10F2O3/c12-11(13)16-9-4-2-1-3-6(9)7-5-8(7)10(14)15/h1-4,7-8,11H,5H2,(H,14,15). The molecule has 1 N–H and O–H groups in total. The first kappa shape index (κ1) is 10.9. The van der Waals surface area contributed by atoms with E-state index >= 15 is 0 Å². The van der Waals surface area contributed by atoms with E-state index in [9.17, 15) is 13.6 Å². The molecule has 1 aliphatic rings. The first-order valence-corrected chi connectivity index (χ1v) is 4.86. The molecule has 1 aromatic carbocycles. The van der Waals surface area contributed by atoms with Gasteiger partial charge in [0.2, 0.25) is 0 Å². The summed E-state index contributed by atoms with van der Waals surface area (Å²) in [4.78, 5) is 10.7. The Labute approximate surface area is 90.7 Å². The van der Waals surface area contributed by atoms with Crippen LogP contribution in [-0.4, -0.2) is 17.7 Å². The van der Waals surface area contributed by atoms with Gasteiger partial charge in [0.05, 0.1) is 5.92 Å². The molecule has 5 heteroatoms. The monoisotopic (exact) mass is 228 g/mol. The Bertz CT molecular complexity index is 406. The maximum atomic E-state index is 12.1. The highest BCUT2D eigenvalue weighted by molar-refractivity contribution is 5.75. The zero-order valence-electron chi connectivity index (χ0n) is 8.27. The van der Waals surface area contributed by atoms with Crippen LogP contribution in [0.5, 0.6) is 5.75 Å². The number of hydrogen-bond donors (Lipinski definition) is 1. The summed E-state index contributed by atoms with van der Waals surface area (Å²) < 4.78 is 28.6. The van der Waals surface area contributed by atoms with Crippen LogP contribution in [0.2, 0.25) is 0 Å². The third-order valence-corrected chi connectivity index (χ3v) is 2.64. The van der Waals surface area contributed by atoms with Gasteiger partial charge in [-0.05, 0) is 18.1 Å². The number of rotatable bonds is 4. The Morgan fingerprint density at radius 2 is 2.12 bits per heavy atom. The fraction of sp³-hybridized carbons (Fsp3) is 0.364. The topological polar surface area (TPSA) is 46.5 Å². The second kappa shape index (κ2) is 4.08. The Kier molecular flexibility index (Phi) is 2.77. The molecule has 86 valence electrons. The summed E-state index contributed by atoms with van der Waals surface area (Å²) in [6.45, 7) is -2.89. The molecule has 1 fully saturated rings. The molecule has 2 unspecified atom stereocenters. The average Bonchev–Trinajstić information content (AvgIpc) is 2.97. The van der Waals surface area contributed by atoms with Gasteiger partial charge in [0.25, 0.3) is 0 Å². The molecular formula is C11H10F2O3. The van der Waals surface area contributed by atoms with Gasteiger partial charge >= 0.3 is 12.6 Å². The van der Waals surface area contributed by atoms with Crippen LogP contribution in [-0.2, 0) is 4.79 Å². The predicted octanol–water partition coefficient (Wildman–Crippen LogP) is 2.48. The van der Waals surface area contributed by atoms with E-state index in [0.717, 1.165) is 0 Å². The number of halogens is 2. The summed E-state index contributed by atoms with van der Waals surface area (Å²) in [5, 5.41) is 8.77. The number of hydrogen-bond acceptors (Lipinski definition) is 2. The molecule has 0 amide bonds. The number of carboxylic acids is 1. The molecule has 0 spiro atoms. The van der Waals surface area contributed by atoms with Crippen LogP contribution in [0.3, 0.4) is 0 Å². The highest BCUT2D eigenvalue weighted by Crippen LogP contribution is 2.50. The van der Waals surface area contributed by atoms with E-state index in [4.69, 9.17) is 5.11 Å². The van der Waals surface area contributed by atoms with Crippen LogP contribution >= 0.6 is 0 Å². The smallest absolute Gasteiger partial charge is 0.387 e. The number of para-hydroxylation sites is 1. The minimum absolute atomic E-state index is 0.0752. The number of ether oxygens (including phenoxy) is 1. The van der Waals surface area contributed by atoms with Gasteiger partial charge in [-0.15, -0.1) is 0 Å². The zero-order chi connectivity index (χ0) is 11.7. The molecule has 1 aliphatic carbocycles. The summed E-state index contributed by atoms with van der Waals surface area (Å²) >= 11 is 0. The van der Waals surface area contributed by atoms with E-state index in [0.29, 0.717) is 12.0 Å². The van der Waals surface area contributed by atoms with Gasteiger partial charge in [-0.25, -0.2) is 0 Å². The Morgan fingerprint density at radius 1 is 1.44 bits per heavy atom. The van der Waals surface area contributed by atoms with E-state index in [1.165, 1.54) is 6.07 Å². The second-order valence-corrected chi connectivity index (χ2v) is 3.70. The summed E-state index contributed by atoms with van der Waals surface area (Å²) in [5.74, 6) is -1.49. The molecule has 2 atom stereocenters. The number of carbonyl (C=O) groups is 1. The minimum Gasteiger partial charge on any atom is -0.481 e. The van der Waals surface area contributed by atoms with Crippen molar-refractivity contribution in [3.05, 3.63) is 29.8 Å². The van der Waals surface area contributed by atoms with Crippen molar-refractivity contribution in [1.82, 2.24) is 0 Å². The molecule has 16 heavy (non-hydrogen) atoms. The molecule has 0 bridgehead atoms. The Balaban J connectivity index is 2.18. The molecule has 0 aromatic heterocycles. The molecular weight excluding hydrogens is 218 g/mol. The van der Waals surface area contributed by atoms with Crippen LogP contribution in [0.4, 0.5) is 8.78 Å². The quantitative estimate of drug-likeness (QED) is 0.861. The van der Waals surface area contributed by atoms with Crippen LogP contribution < -0.4 is 4.74 Å². The van der Waals surface area contributed by atoms with E-state index < -0.39 is 18.5 Å². The summed E-state index contributed by atoms with van der Waals surface area (Å²) in [6.07, 6.45) is 0.485. The van der Waals surface area contributed by atoms with Gasteiger partial charge in [-0.1, -0.05) is 18.2 Å². The van der Waals surface area contributed by atoms with Gasteiger partial charge in [-0.3, -0.25) is 4.79 Å². The molecule has 2 rings (SSSR count). The third-order valence-electron chi connectivity index (χ3n) is 2.64.